The van der Waals surface area contributed by atoms with Gasteiger partial charge in [-0.05, 0) is 19.9 Å². The summed E-state index contributed by atoms with van der Waals surface area (Å²) in [5.74, 6) is 3.91. The largest absolute Gasteiger partial charge is 0.312 e. The predicted octanol–water partition coefficient (Wildman–Crippen LogP) is 3.21. The van der Waals surface area contributed by atoms with E-state index in [4.69, 9.17) is 0 Å². The molecular formula is C13H22N2S3. The topological polar surface area (TPSA) is 24.9 Å². The smallest absolute Gasteiger partial charge is 0.0897 e. The van der Waals surface area contributed by atoms with Gasteiger partial charge in [0.15, 0.2) is 0 Å². The summed E-state index contributed by atoms with van der Waals surface area (Å²) < 4.78 is 0. The van der Waals surface area contributed by atoms with Crippen molar-refractivity contribution in [2.75, 3.05) is 23.8 Å². The van der Waals surface area contributed by atoms with Crippen molar-refractivity contribution in [2.45, 2.75) is 38.0 Å². The molecule has 0 amide bonds. The highest BCUT2D eigenvalue weighted by Crippen LogP contribution is 2.28. The number of hydrogen-bond acceptors (Lipinski definition) is 5. The van der Waals surface area contributed by atoms with Crippen LogP contribution in [0.3, 0.4) is 0 Å². The molecule has 0 bridgehead atoms. The van der Waals surface area contributed by atoms with Crippen LogP contribution < -0.4 is 5.32 Å². The quantitative estimate of drug-likeness (QED) is 0.872. The molecule has 1 aromatic heterocycles. The number of aromatic nitrogens is 1. The summed E-state index contributed by atoms with van der Waals surface area (Å²) in [7, 11) is 0. The fourth-order valence-electron chi connectivity index (χ4n) is 2.13. The van der Waals surface area contributed by atoms with Gasteiger partial charge >= 0.3 is 0 Å². The number of thiazole rings is 1. The minimum atomic E-state index is 0.587. The number of aryl methyl sites for hydroxylation is 1. The Kier molecular flexibility index (Phi) is 6.35. The molecule has 102 valence electrons. The van der Waals surface area contributed by atoms with Gasteiger partial charge in [-0.2, -0.15) is 23.5 Å². The third kappa shape index (κ3) is 4.44. The van der Waals surface area contributed by atoms with Crippen LogP contribution in [0.15, 0.2) is 5.38 Å². The molecule has 18 heavy (non-hydrogen) atoms. The fourth-order valence-corrected chi connectivity index (χ4v) is 5.64. The molecule has 0 spiro atoms. The number of nitrogens with one attached hydrogen (secondary N) is 1. The van der Waals surface area contributed by atoms with Crippen LogP contribution in [-0.2, 0) is 6.42 Å². The second kappa shape index (κ2) is 7.78. The van der Waals surface area contributed by atoms with E-state index in [2.05, 4.69) is 53.1 Å². The molecule has 0 saturated carbocycles. The molecule has 5 heteroatoms. The Morgan fingerprint density at radius 2 is 2.39 bits per heavy atom. The Balaban J connectivity index is 1.94. The van der Waals surface area contributed by atoms with Crippen LogP contribution in [0.4, 0.5) is 0 Å². The third-order valence-electron chi connectivity index (χ3n) is 3.04. The van der Waals surface area contributed by atoms with Gasteiger partial charge in [0, 0.05) is 40.4 Å². The summed E-state index contributed by atoms with van der Waals surface area (Å²) >= 11 is 6.01. The normalized spacial score (nSPS) is 22.0. The van der Waals surface area contributed by atoms with Crippen molar-refractivity contribution in [1.29, 1.82) is 0 Å². The minimum absolute atomic E-state index is 0.587. The van der Waals surface area contributed by atoms with E-state index in [-0.39, 0.29) is 0 Å². The first-order chi connectivity index (χ1) is 8.79. The van der Waals surface area contributed by atoms with E-state index in [1.807, 2.05) is 0 Å². The van der Waals surface area contributed by atoms with Crippen LogP contribution in [0.5, 0.6) is 0 Å². The Morgan fingerprint density at radius 1 is 1.50 bits per heavy atom. The van der Waals surface area contributed by atoms with E-state index in [1.165, 1.54) is 34.4 Å². The van der Waals surface area contributed by atoms with E-state index in [9.17, 15) is 0 Å². The maximum absolute atomic E-state index is 4.62. The van der Waals surface area contributed by atoms with Gasteiger partial charge in [-0.25, -0.2) is 4.98 Å². The fraction of sp³-hybridized carbons (Fsp3) is 0.769. The van der Waals surface area contributed by atoms with Gasteiger partial charge < -0.3 is 5.32 Å². The number of rotatable bonds is 6. The zero-order chi connectivity index (χ0) is 12.8. The molecule has 1 aliphatic rings. The standard InChI is InChI=1S/C13H22N2S3/c1-3-4-14-12(13-9-16-5-6-17-13)7-11-8-18-10(2)15-11/h8,12-14H,3-7,9H2,1-2H3. The van der Waals surface area contributed by atoms with Gasteiger partial charge in [0.25, 0.3) is 0 Å². The lowest BCUT2D eigenvalue weighted by atomic mass is 10.1. The molecule has 0 radical (unpaired) electrons. The minimum Gasteiger partial charge on any atom is -0.312 e. The van der Waals surface area contributed by atoms with Gasteiger partial charge in [-0.3, -0.25) is 0 Å². The van der Waals surface area contributed by atoms with Crippen LogP contribution in [0.2, 0.25) is 0 Å². The third-order valence-corrected chi connectivity index (χ3v) is 6.79. The summed E-state index contributed by atoms with van der Waals surface area (Å²) in [6.07, 6.45) is 2.29. The second-order valence-electron chi connectivity index (χ2n) is 4.61. The molecule has 2 heterocycles. The van der Waals surface area contributed by atoms with Crippen molar-refractivity contribution >= 4 is 34.9 Å². The highest BCUT2D eigenvalue weighted by atomic mass is 32.2. The molecule has 1 N–H and O–H groups in total. The molecular weight excluding hydrogens is 280 g/mol. The maximum atomic E-state index is 4.62. The first-order valence-electron chi connectivity index (χ1n) is 6.63. The SMILES string of the molecule is CCCNC(Cc1csc(C)n1)C1CSCCS1. The summed E-state index contributed by atoms with van der Waals surface area (Å²) in [4.78, 5) is 4.62. The van der Waals surface area contributed by atoms with Crippen molar-refractivity contribution in [1.82, 2.24) is 10.3 Å². The monoisotopic (exact) mass is 302 g/mol. The van der Waals surface area contributed by atoms with Crippen LogP contribution in [0.1, 0.15) is 24.0 Å². The lowest BCUT2D eigenvalue weighted by Crippen LogP contribution is -2.43. The van der Waals surface area contributed by atoms with Crippen molar-refractivity contribution in [2.24, 2.45) is 0 Å². The molecule has 1 fully saturated rings. The van der Waals surface area contributed by atoms with Crippen LogP contribution >= 0.6 is 34.9 Å². The van der Waals surface area contributed by atoms with Gasteiger partial charge in [0.05, 0.1) is 10.7 Å². The molecule has 1 saturated heterocycles. The average Bonchev–Trinajstić information content (AvgIpc) is 2.81. The Morgan fingerprint density at radius 3 is 3.00 bits per heavy atom. The van der Waals surface area contributed by atoms with Crippen molar-refractivity contribution in [3.05, 3.63) is 16.1 Å². The molecule has 2 atom stereocenters. The predicted molar refractivity (Wildman–Crippen MR) is 86.2 cm³/mol. The van der Waals surface area contributed by atoms with Crippen LogP contribution in [-0.4, -0.2) is 40.1 Å². The maximum Gasteiger partial charge on any atom is 0.0897 e. The van der Waals surface area contributed by atoms with E-state index >= 15 is 0 Å². The Bertz CT molecular complexity index is 348. The highest BCUT2D eigenvalue weighted by molar-refractivity contribution is 8.06. The summed E-state index contributed by atoms with van der Waals surface area (Å²) in [5, 5.41) is 7.88. The second-order valence-corrected chi connectivity index (χ2v) is 8.17. The molecule has 1 aromatic rings. The molecule has 0 aliphatic carbocycles. The van der Waals surface area contributed by atoms with Gasteiger partial charge in [0.1, 0.15) is 0 Å². The molecule has 2 rings (SSSR count). The lowest BCUT2D eigenvalue weighted by Gasteiger charge is -2.30. The number of hydrogen-bond donors (Lipinski definition) is 1. The molecule has 2 nitrogen and oxygen atoms in total. The van der Waals surface area contributed by atoms with Crippen LogP contribution in [0.25, 0.3) is 0 Å². The van der Waals surface area contributed by atoms with E-state index in [0.29, 0.717) is 6.04 Å². The zero-order valence-corrected chi connectivity index (χ0v) is 13.6. The van der Waals surface area contributed by atoms with Crippen molar-refractivity contribution in [3.8, 4) is 0 Å². The van der Waals surface area contributed by atoms with Gasteiger partial charge in [0.2, 0.25) is 0 Å². The van der Waals surface area contributed by atoms with Gasteiger partial charge in [-0.15, -0.1) is 11.3 Å². The van der Waals surface area contributed by atoms with E-state index in [0.717, 1.165) is 18.2 Å². The van der Waals surface area contributed by atoms with Crippen molar-refractivity contribution in [3.63, 3.8) is 0 Å². The summed E-state index contributed by atoms with van der Waals surface area (Å²) in [5.41, 5.74) is 1.27. The number of nitrogens with zero attached hydrogens (tertiary/aromatic N) is 1. The number of thioether (sulfide) groups is 2. The van der Waals surface area contributed by atoms with Crippen molar-refractivity contribution < 1.29 is 0 Å². The zero-order valence-electron chi connectivity index (χ0n) is 11.1. The Labute approximate surface area is 123 Å². The average molecular weight is 303 g/mol. The summed E-state index contributed by atoms with van der Waals surface area (Å²) in [6.45, 7) is 5.45. The van der Waals surface area contributed by atoms with E-state index < -0.39 is 0 Å². The van der Waals surface area contributed by atoms with Crippen LogP contribution in [0, 0.1) is 6.92 Å². The molecule has 0 aromatic carbocycles. The Hall–Kier alpha value is 0.290. The highest BCUT2D eigenvalue weighted by Gasteiger charge is 2.24. The van der Waals surface area contributed by atoms with E-state index in [1.54, 1.807) is 11.3 Å². The summed E-state index contributed by atoms with van der Waals surface area (Å²) in [6, 6.07) is 0.587. The van der Waals surface area contributed by atoms with Gasteiger partial charge in [-0.1, -0.05) is 6.92 Å². The first-order valence-corrected chi connectivity index (χ1v) is 9.71. The first kappa shape index (κ1) is 14.7. The molecule has 2 unspecified atom stereocenters. The lowest BCUT2D eigenvalue weighted by molar-refractivity contribution is 0.502. The molecule has 1 aliphatic heterocycles.